The molecular formula is C11H19NO4. The minimum absolute atomic E-state index is 0.146. The number of esters is 1. The van der Waals surface area contributed by atoms with Crippen molar-refractivity contribution < 1.29 is 19.1 Å². The number of hydrogen-bond donors (Lipinski definition) is 1. The van der Waals surface area contributed by atoms with Crippen molar-refractivity contribution >= 4 is 12.1 Å². The average Bonchev–Trinajstić information content (AvgIpc) is 2.25. The summed E-state index contributed by atoms with van der Waals surface area (Å²) in [5.74, 6) is -0.243. The monoisotopic (exact) mass is 229 g/mol. The minimum atomic E-state index is -0.453. The van der Waals surface area contributed by atoms with E-state index < -0.39 is 6.09 Å². The number of amides is 1. The molecule has 1 atom stereocenters. The molecule has 0 spiro atoms. The molecule has 5 heteroatoms. The third-order valence-electron chi connectivity index (χ3n) is 1.90. The maximum Gasteiger partial charge on any atom is 0.406 e. The van der Waals surface area contributed by atoms with E-state index in [9.17, 15) is 9.59 Å². The molecule has 0 saturated heterocycles. The summed E-state index contributed by atoms with van der Waals surface area (Å²) in [6.45, 7) is 7.61. The number of carbonyl (C=O) groups excluding carboxylic acids is 2. The van der Waals surface area contributed by atoms with E-state index in [-0.39, 0.29) is 11.9 Å². The van der Waals surface area contributed by atoms with Crippen LogP contribution in [0.4, 0.5) is 4.79 Å². The third kappa shape index (κ3) is 6.86. The highest BCUT2D eigenvalue weighted by atomic mass is 16.5. The van der Waals surface area contributed by atoms with Crippen LogP contribution in [0.25, 0.3) is 0 Å². The van der Waals surface area contributed by atoms with Gasteiger partial charge in [0.15, 0.2) is 0 Å². The quantitative estimate of drug-likeness (QED) is 0.553. The lowest BCUT2D eigenvalue weighted by atomic mass is 10.1. The molecule has 1 unspecified atom stereocenters. The highest BCUT2D eigenvalue weighted by molar-refractivity contribution is 5.86. The van der Waals surface area contributed by atoms with E-state index >= 15 is 0 Å². The molecule has 0 heterocycles. The topological polar surface area (TPSA) is 64.6 Å². The molecule has 0 aliphatic rings. The molecule has 0 aromatic rings. The highest BCUT2D eigenvalue weighted by Gasteiger charge is 2.08. The third-order valence-corrected chi connectivity index (χ3v) is 1.90. The lowest BCUT2D eigenvalue weighted by molar-refractivity contribution is -0.140. The first-order valence-corrected chi connectivity index (χ1v) is 5.14. The van der Waals surface area contributed by atoms with Crippen molar-refractivity contribution in [2.45, 2.75) is 20.3 Å². The number of hydrogen-bond acceptors (Lipinski definition) is 4. The molecule has 0 aliphatic heterocycles. The summed E-state index contributed by atoms with van der Waals surface area (Å²) in [6, 6.07) is 0. The molecule has 0 aromatic heterocycles. The molecule has 92 valence electrons. The van der Waals surface area contributed by atoms with E-state index in [4.69, 9.17) is 9.47 Å². The van der Waals surface area contributed by atoms with Gasteiger partial charge in [-0.3, -0.25) is 0 Å². The standard InChI is InChI=1S/C11H19NO4/c1-8(2)10(13)16-7-9(3)5-6-15-11(14)12-4/h9H,1,5-7H2,2-4H3,(H,12,14). The second kappa shape index (κ2) is 7.73. The van der Waals surface area contributed by atoms with Gasteiger partial charge in [0.25, 0.3) is 0 Å². The SMILES string of the molecule is C=C(C)C(=O)OCC(C)CCOC(=O)NC. The Balaban J connectivity index is 3.59. The zero-order chi connectivity index (χ0) is 12.6. The minimum Gasteiger partial charge on any atom is -0.462 e. The molecule has 0 aliphatic carbocycles. The zero-order valence-electron chi connectivity index (χ0n) is 10.0. The summed E-state index contributed by atoms with van der Waals surface area (Å²) in [7, 11) is 1.50. The van der Waals surface area contributed by atoms with Gasteiger partial charge >= 0.3 is 12.1 Å². The predicted molar refractivity (Wildman–Crippen MR) is 60.0 cm³/mol. The first-order chi connectivity index (χ1) is 7.47. The maximum absolute atomic E-state index is 11.1. The fourth-order valence-corrected chi connectivity index (χ4v) is 0.849. The van der Waals surface area contributed by atoms with Crippen LogP contribution in [0.3, 0.4) is 0 Å². The van der Waals surface area contributed by atoms with Crippen LogP contribution in [-0.4, -0.2) is 32.3 Å². The van der Waals surface area contributed by atoms with Gasteiger partial charge in [0.2, 0.25) is 0 Å². The summed E-state index contributed by atoms with van der Waals surface area (Å²) in [4.78, 5) is 21.8. The summed E-state index contributed by atoms with van der Waals surface area (Å²) in [5.41, 5.74) is 0.383. The van der Waals surface area contributed by atoms with Crippen molar-refractivity contribution in [2.75, 3.05) is 20.3 Å². The smallest absolute Gasteiger partial charge is 0.406 e. The summed E-state index contributed by atoms with van der Waals surface area (Å²) >= 11 is 0. The van der Waals surface area contributed by atoms with E-state index in [1.165, 1.54) is 7.05 Å². The van der Waals surface area contributed by atoms with Gasteiger partial charge in [0.05, 0.1) is 13.2 Å². The second-order valence-corrected chi connectivity index (χ2v) is 3.66. The maximum atomic E-state index is 11.1. The Hall–Kier alpha value is -1.52. The summed E-state index contributed by atoms with van der Waals surface area (Å²) in [5, 5.41) is 2.35. The average molecular weight is 229 g/mol. The van der Waals surface area contributed by atoms with Crippen LogP contribution in [0.1, 0.15) is 20.3 Å². The van der Waals surface area contributed by atoms with Gasteiger partial charge in [-0.1, -0.05) is 13.5 Å². The van der Waals surface area contributed by atoms with Gasteiger partial charge in [-0.2, -0.15) is 0 Å². The van der Waals surface area contributed by atoms with E-state index in [0.717, 1.165) is 0 Å². The number of ether oxygens (including phenoxy) is 2. The normalized spacial score (nSPS) is 11.4. The summed E-state index contributed by atoms with van der Waals surface area (Å²) < 4.78 is 9.76. The molecular weight excluding hydrogens is 210 g/mol. The van der Waals surface area contributed by atoms with E-state index in [2.05, 4.69) is 11.9 Å². The van der Waals surface area contributed by atoms with Crippen LogP contribution in [0, 0.1) is 5.92 Å². The number of carbonyl (C=O) groups is 2. The van der Waals surface area contributed by atoms with Crippen LogP contribution in [0.2, 0.25) is 0 Å². The van der Waals surface area contributed by atoms with Crippen LogP contribution in [-0.2, 0) is 14.3 Å². The summed E-state index contributed by atoms with van der Waals surface area (Å²) in [6.07, 6.45) is 0.197. The predicted octanol–water partition coefficient (Wildman–Crippen LogP) is 1.49. The van der Waals surface area contributed by atoms with Gasteiger partial charge in [0.1, 0.15) is 0 Å². The molecule has 0 rings (SSSR count). The van der Waals surface area contributed by atoms with Crippen molar-refractivity contribution in [1.29, 1.82) is 0 Å². The highest BCUT2D eigenvalue weighted by Crippen LogP contribution is 2.04. The Kier molecular flexibility index (Phi) is 7.00. The Labute approximate surface area is 95.8 Å². The number of rotatable bonds is 6. The van der Waals surface area contributed by atoms with Crippen LogP contribution >= 0.6 is 0 Å². The Morgan fingerprint density at radius 3 is 2.50 bits per heavy atom. The zero-order valence-corrected chi connectivity index (χ0v) is 10.0. The molecule has 0 fully saturated rings. The van der Waals surface area contributed by atoms with E-state index in [1.807, 2.05) is 6.92 Å². The molecule has 0 radical (unpaired) electrons. The lowest BCUT2D eigenvalue weighted by Crippen LogP contribution is -2.21. The fourth-order valence-electron chi connectivity index (χ4n) is 0.849. The van der Waals surface area contributed by atoms with Crippen molar-refractivity contribution in [3.05, 3.63) is 12.2 Å². The van der Waals surface area contributed by atoms with Crippen LogP contribution < -0.4 is 5.32 Å². The van der Waals surface area contributed by atoms with E-state index in [1.54, 1.807) is 6.92 Å². The van der Waals surface area contributed by atoms with Gasteiger partial charge < -0.3 is 14.8 Å². The van der Waals surface area contributed by atoms with Gasteiger partial charge in [0, 0.05) is 12.6 Å². The largest absolute Gasteiger partial charge is 0.462 e. The molecule has 16 heavy (non-hydrogen) atoms. The number of nitrogens with one attached hydrogen (secondary N) is 1. The Morgan fingerprint density at radius 1 is 1.38 bits per heavy atom. The molecule has 1 amide bonds. The van der Waals surface area contributed by atoms with Crippen molar-refractivity contribution in [3.8, 4) is 0 Å². The van der Waals surface area contributed by atoms with E-state index in [0.29, 0.717) is 25.2 Å². The Bertz CT molecular complexity index is 263. The van der Waals surface area contributed by atoms with Crippen molar-refractivity contribution in [3.63, 3.8) is 0 Å². The second-order valence-electron chi connectivity index (χ2n) is 3.66. The molecule has 0 saturated carbocycles. The molecule has 1 N–H and O–H groups in total. The lowest BCUT2D eigenvalue weighted by Gasteiger charge is -2.12. The van der Waals surface area contributed by atoms with Crippen molar-refractivity contribution in [2.24, 2.45) is 5.92 Å². The molecule has 0 aromatic carbocycles. The first kappa shape index (κ1) is 14.5. The Morgan fingerprint density at radius 2 is 2.00 bits per heavy atom. The van der Waals surface area contributed by atoms with Gasteiger partial charge in [-0.25, -0.2) is 9.59 Å². The van der Waals surface area contributed by atoms with Crippen LogP contribution in [0.5, 0.6) is 0 Å². The molecule has 5 nitrogen and oxygen atoms in total. The number of alkyl carbamates (subject to hydrolysis) is 1. The van der Waals surface area contributed by atoms with Gasteiger partial charge in [-0.05, 0) is 19.3 Å². The first-order valence-electron chi connectivity index (χ1n) is 5.14. The van der Waals surface area contributed by atoms with Crippen molar-refractivity contribution in [1.82, 2.24) is 5.32 Å². The van der Waals surface area contributed by atoms with Crippen LogP contribution in [0.15, 0.2) is 12.2 Å². The van der Waals surface area contributed by atoms with Gasteiger partial charge in [-0.15, -0.1) is 0 Å². The fraction of sp³-hybridized carbons (Fsp3) is 0.636. The molecule has 0 bridgehead atoms.